The molecule has 1 unspecified atom stereocenters. The number of nitrogens with two attached hydrogens (primary N) is 1. The molecule has 1 aromatic carbocycles. The van der Waals surface area contributed by atoms with Crippen LogP contribution in [-0.2, 0) is 6.42 Å². The number of aryl methyl sites for hydroxylation is 1. The average molecular weight is 442 g/mol. The molecule has 8 nitrogen and oxygen atoms in total. The lowest BCUT2D eigenvalue weighted by Gasteiger charge is -2.27. The number of aromatic nitrogens is 3. The summed E-state index contributed by atoms with van der Waals surface area (Å²) in [7, 11) is 2.00. The lowest BCUT2D eigenvalue weighted by Crippen LogP contribution is -2.31. The van der Waals surface area contributed by atoms with Crippen molar-refractivity contribution in [2.75, 3.05) is 36.9 Å². The molecule has 32 heavy (non-hydrogen) atoms. The molecule has 1 fully saturated rings. The maximum atomic E-state index is 11.6. The van der Waals surface area contributed by atoms with Gasteiger partial charge in [0, 0.05) is 38.2 Å². The van der Waals surface area contributed by atoms with Crippen LogP contribution in [-0.4, -0.2) is 53.6 Å². The summed E-state index contributed by atoms with van der Waals surface area (Å²) in [5.74, 6) is 1.47. The Morgan fingerprint density at radius 3 is 2.56 bits per heavy atom. The second-order valence-electron chi connectivity index (χ2n) is 9.31. The Balaban J connectivity index is 0.00000176. The van der Waals surface area contributed by atoms with Gasteiger partial charge >= 0.3 is 0 Å². The van der Waals surface area contributed by atoms with Crippen LogP contribution in [0.15, 0.2) is 18.2 Å². The van der Waals surface area contributed by atoms with E-state index in [2.05, 4.69) is 46.3 Å². The molecule has 176 valence electrons. The van der Waals surface area contributed by atoms with Gasteiger partial charge in [0.25, 0.3) is 0 Å². The standard InChI is InChI=1S/C22H33N7O.C2H6/c1-14-6-7-15(19(23)30)10-16(14)11-18-26-20(25-17-8-9-24-12-17)28-21(27-18)29(5)13-22(2,3)4;1-2/h6-7,10,17,24H,8-9,11-13H2,1-5H3,(H2,23,30)(H,25,26,27,28);1-2H3. The quantitative estimate of drug-likeness (QED) is 0.605. The van der Waals surface area contributed by atoms with E-state index in [1.54, 1.807) is 6.07 Å². The number of benzene rings is 1. The molecular weight excluding hydrogens is 402 g/mol. The molecule has 1 aliphatic rings. The summed E-state index contributed by atoms with van der Waals surface area (Å²) in [6.45, 7) is 15.3. The fraction of sp³-hybridized carbons (Fsp3) is 0.583. The molecule has 0 bridgehead atoms. The van der Waals surface area contributed by atoms with Crippen molar-refractivity contribution in [3.05, 3.63) is 40.7 Å². The van der Waals surface area contributed by atoms with Crippen molar-refractivity contribution in [3.63, 3.8) is 0 Å². The zero-order valence-corrected chi connectivity index (χ0v) is 20.6. The van der Waals surface area contributed by atoms with Crippen molar-refractivity contribution in [2.24, 2.45) is 11.1 Å². The predicted octanol–water partition coefficient (Wildman–Crippen LogP) is 3.15. The summed E-state index contributed by atoms with van der Waals surface area (Å²) in [6.07, 6.45) is 1.54. The van der Waals surface area contributed by atoms with Crippen molar-refractivity contribution in [1.82, 2.24) is 20.3 Å². The number of carbonyl (C=O) groups is 1. The maximum absolute atomic E-state index is 11.6. The van der Waals surface area contributed by atoms with E-state index < -0.39 is 5.91 Å². The molecule has 2 aromatic rings. The highest BCUT2D eigenvalue weighted by Crippen LogP contribution is 2.21. The first kappa shape index (κ1) is 25.5. The van der Waals surface area contributed by atoms with E-state index in [4.69, 9.17) is 10.7 Å². The molecule has 0 spiro atoms. The van der Waals surface area contributed by atoms with Gasteiger partial charge in [0.2, 0.25) is 17.8 Å². The average Bonchev–Trinajstić information content (AvgIpc) is 3.22. The van der Waals surface area contributed by atoms with Crippen molar-refractivity contribution in [2.45, 2.75) is 60.4 Å². The first-order valence-corrected chi connectivity index (χ1v) is 11.4. The van der Waals surface area contributed by atoms with Crippen LogP contribution in [0.4, 0.5) is 11.9 Å². The SMILES string of the molecule is CC.Cc1ccc(C(N)=O)cc1Cc1nc(NC2CCNC2)nc(N(C)CC(C)(C)C)n1. The lowest BCUT2D eigenvalue weighted by atomic mass is 9.96. The summed E-state index contributed by atoms with van der Waals surface area (Å²) < 4.78 is 0. The lowest BCUT2D eigenvalue weighted by molar-refractivity contribution is 0.1000. The molecule has 0 radical (unpaired) electrons. The monoisotopic (exact) mass is 441 g/mol. The number of amides is 1. The topological polar surface area (TPSA) is 109 Å². The van der Waals surface area contributed by atoms with E-state index in [-0.39, 0.29) is 5.41 Å². The molecule has 8 heteroatoms. The number of anilines is 2. The van der Waals surface area contributed by atoms with Crippen molar-refractivity contribution in [1.29, 1.82) is 0 Å². The minimum atomic E-state index is -0.436. The fourth-order valence-electron chi connectivity index (χ4n) is 3.65. The van der Waals surface area contributed by atoms with Gasteiger partial charge in [-0.2, -0.15) is 15.0 Å². The van der Waals surface area contributed by atoms with Gasteiger partial charge in [-0.15, -0.1) is 0 Å². The molecule has 3 rings (SSSR count). The predicted molar refractivity (Wildman–Crippen MR) is 131 cm³/mol. The molecule has 1 aliphatic heterocycles. The van der Waals surface area contributed by atoms with Crippen LogP contribution >= 0.6 is 0 Å². The number of rotatable bonds is 7. The van der Waals surface area contributed by atoms with Crippen LogP contribution in [0.25, 0.3) is 0 Å². The number of nitrogens with zero attached hydrogens (tertiary/aromatic N) is 4. The molecule has 1 saturated heterocycles. The Hall–Kier alpha value is -2.74. The van der Waals surface area contributed by atoms with Gasteiger partial charge in [-0.1, -0.05) is 40.7 Å². The van der Waals surface area contributed by atoms with E-state index in [1.807, 2.05) is 40.0 Å². The molecule has 2 heterocycles. The second kappa shape index (κ2) is 11.2. The van der Waals surface area contributed by atoms with Crippen molar-refractivity contribution in [3.8, 4) is 0 Å². The van der Waals surface area contributed by atoms with Crippen LogP contribution in [0.5, 0.6) is 0 Å². The van der Waals surface area contributed by atoms with E-state index in [0.717, 1.165) is 37.2 Å². The maximum Gasteiger partial charge on any atom is 0.248 e. The first-order chi connectivity index (χ1) is 15.1. The van der Waals surface area contributed by atoms with Crippen LogP contribution < -0.4 is 21.3 Å². The van der Waals surface area contributed by atoms with Crippen LogP contribution in [0.3, 0.4) is 0 Å². The van der Waals surface area contributed by atoms with E-state index in [0.29, 0.717) is 35.7 Å². The highest BCUT2D eigenvalue weighted by molar-refractivity contribution is 5.93. The normalized spacial score (nSPS) is 15.7. The minimum absolute atomic E-state index is 0.108. The Kier molecular flexibility index (Phi) is 8.95. The Morgan fingerprint density at radius 2 is 1.97 bits per heavy atom. The summed E-state index contributed by atoms with van der Waals surface area (Å²) in [5.41, 5.74) is 8.11. The molecular formula is C24H39N7O. The second-order valence-corrected chi connectivity index (χ2v) is 9.31. The van der Waals surface area contributed by atoms with E-state index in [1.165, 1.54) is 0 Å². The van der Waals surface area contributed by atoms with Crippen LogP contribution in [0, 0.1) is 12.3 Å². The summed E-state index contributed by atoms with van der Waals surface area (Å²) in [4.78, 5) is 27.8. The molecule has 1 aromatic heterocycles. The number of hydrogen-bond donors (Lipinski definition) is 3. The Morgan fingerprint density at radius 1 is 1.25 bits per heavy atom. The number of carbonyl (C=O) groups excluding carboxylic acids is 1. The fourth-order valence-corrected chi connectivity index (χ4v) is 3.65. The Bertz CT molecular complexity index is 902. The highest BCUT2D eigenvalue weighted by atomic mass is 16.1. The van der Waals surface area contributed by atoms with E-state index >= 15 is 0 Å². The van der Waals surface area contributed by atoms with Gasteiger partial charge < -0.3 is 21.3 Å². The molecule has 1 amide bonds. The minimum Gasteiger partial charge on any atom is -0.366 e. The van der Waals surface area contributed by atoms with Gasteiger partial charge in [-0.3, -0.25) is 4.79 Å². The third kappa shape index (κ3) is 7.44. The van der Waals surface area contributed by atoms with Crippen molar-refractivity contribution >= 4 is 17.8 Å². The number of hydrogen-bond acceptors (Lipinski definition) is 7. The molecule has 0 saturated carbocycles. The third-order valence-electron chi connectivity index (χ3n) is 5.10. The summed E-state index contributed by atoms with van der Waals surface area (Å²) >= 11 is 0. The van der Waals surface area contributed by atoms with E-state index in [9.17, 15) is 4.79 Å². The first-order valence-electron chi connectivity index (χ1n) is 11.4. The van der Waals surface area contributed by atoms with Gasteiger partial charge in [-0.25, -0.2) is 0 Å². The smallest absolute Gasteiger partial charge is 0.248 e. The number of nitrogens with one attached hydrogen (secondary N) is 2. The highest BCUT2D eigenvalue weighted by Gasteiger charge is 2.20. The zero-order chi connectivity index (χ0) is 23.9. The van der Waals surface area contributed by atoms with Gasteiger partial charge in [0.05, 0.1) is 0 Å². The van der Waals surface area contributed by atoms with Crippen molar-refractivity contribution < 1.29 is 4.79 Å². The molecule has 0 aliphatic carbocycles. The largest absolute Gasteiger partial charge is 0.366 e. The van der Waals surface area contributed by atoms with Crippen LogP contribution in [0.1, 0.15) is 68.3 Å². The zero-order valence-electron chi connectivity index (χ0n) is 20.6. The Labute approximate surface area is 192 Å². The molecule has 1 atom stereocenters. The van der Waals surface area contributed by atoms with Gasteiger partial charge in [0.1, 0.15) is 5.82 Å². The summed E-state index contributed by atoms with van der Waals surface area (Å²) in [6, 6.07) is 5.79. The summed E-state index contributed by atoms with van der Waals surface area (Å²) in [5, 5.41) is 6.80. The van der Waals surface area contributed by atoms with Gasteiger partial charge in [0.15, 0.2) is 0 Å². The van der Waals surface area contributed by atoms with Crippen LogP contribution in [0.2, 0.25) is 0 Å². The third-order valence-corrected chi connectivity index (χ3v) is 5.10. The van der Waals surface area contributed by atoms with Gasteiger partial charge in [-0.05, 0) is 48.6 Å². The number of primary amides is 1. The molecule has 4 N–H and O–H groups in total.